The van der Waals surface area contributed by atoms with Gasteiger partial charge in [0.2, 0.25) is 0 Å². The van der Waals surface area contributed by atoms with E-state index in [1.807, 2.05) is 0 Å². The normalized spacial score (nSPS) is 23.8. The lowest BCUT2D eigenvalue weighted by atomic mass is 9.88. The summed E-state index contributed by atoms with van der Waals surface area (Å²) in [6.45, 7) is 2.76. The summed E-state index contributed by atoms with van der Waals surface area (Å²) in [7, 11) is 0. The summed E-state index contributed by atoms with van der Waals surface area (Å²) in [6, 6.07) is 4.11. The Kier molecular flexibility index (Phi) is 6.27. The Bertz CT molecular complexity index is 458. The first-order valence-electron chi connectivity index (χ1n) is 7.55. The van der Waals surface area contributed by atoms with Crippen molar-refractivity contribution in [2.24, 2.45) is 5.92 Å². The van der Waals surface area contributed by atoms with Gasteiger partial charge in [-0.05, 0) is 37.0 Å². The maximum absolute atomic E-state index is 13.1. The Balaban J connectivity index is 1.74. The zero-order chi connectivity index (χ0) is 15.2. The minimum atomic E-state index is -0.640. The average molecular weight is 316 g/mol. The van der Waals surface area contributed by atoms with Crippen LogP contribution in [0.25, 0.3) is 0 Å². The first-order chi connectivity index (χ1) is 10.1. The van der Waals surface area contributed by atoms with Crippen LogP contribution < -0.4 is 5.32 Å². The predicted molar refractivity (Wildman–Crippen MR) is 83.3 cm³/mol. The molecule has 0 saturated heterocycles. The largest absolute Gasteiger partial charge is 0.389 e. The second kappa shape index (κ2) is 7.97. The van der Waals surface area contributed by atoms with Gasteiger partial charge in [-0.1, -0.05) is 31.4 Å². The number of hydrogen-bond donors (Lipinski definition) is 2. The highest BCUT2D eigenvalue weighted by molar-refractivity contribution is 6.33. The van der Waals surface area contributed by atoms with Gasteiger partial charge in [0.15, 0.2) is 0 Å². The second-order valence-corrected chi connectivity index (χ2v) is 6.20. The number of nitrogens with one attached hydrogen (secondary N) is 1. The van der Waals surface area contributed by atoms with E-state index in [0.717, 1.165) is 6.42 Å². The van der Waals surface area contributed by atoms with Crippen LogP contribution >= 0.6 is 11.6 Å². The highest BCUT2D eigenvalue weighted by Gasteiger charge is 2.22. The zero-order valence-corrected chi connectivity index (χ0v) is 13.1. The van der Waals surface area contributed by atoms with E-state index >= 15 is 0 Å². The molecule has 2 rings (SSSR count). The standard InChI is InChI=1S/C16H23ClFNO2/c1-11-4-2-3-5-16(11)21-10-13(20)9-19-15-8-12(18)6-7-14(15)17/h6-8,11,13,16,19-20H,2-5,9-10H2,1H3. The molecule has 1 aliphatic rings. The molecule has 118 valence electrons. The van der Waals surface area contributed by atoms with Crippen LogP contribution in [0.1, 0.15) is 32.6 Å². The van der Waals surface area contributed by atoms with E-state index in [-0.39, 0.29) is 25.1 Å². The van der Waals surface area contributed by atoms with Crippen molar-refractivity contribution in [1.29, 1.82) is 0 Å². The van der Waals surface area contributed by atoms with Crippen LogP contribution in [0.4, 0.5) is 10.1 Å². The Morgan fingerprint density at radius 2 is 2.19 bits per heavy atom. The summed E-state index contributed by atoms with van der Waals surface area (Å²) in [5.74, 6) is 0.195. The third kappa shape index (κ3) is 5.13. The molecule has 1 aromatic rings. The second-order valence-electron chi connectivity index (χ2n) is 5.79. The molecule has 0 spiro atoms. The number of aliphatic hydroxyl groups excluding tert-OH is 1. The maximum atomic E-state index is 13.1. The van der Waals surface area contributed by atoms with E-state index < -0.39 is 6.10 Å². The molecule has 0 aromatic heterocycles. The number of halogens is 2. The van der Waals surface area contributed by atoms with Crippen molar-refractivity contribution in [3.63, 3.8) is 0 Å². The molecule has 1 aromatic carbocycles. The van der Waals surface area contributed by atoms with Gasteiger partial charge in [0.05, 0.1) is 29.5 Å². The van der Waals surface area contributed by atoms with Crippen LogP contribution in [0, 0.1) is 11.7 Å². The first-order valence-corrected chi connectivity index (χ1v) is 7.92. The molecule has 0 amide bonds. The topological polar surface area (TPSA) is 41.5 Å². The maximum Gasteiger partial charge on any atom is 0.125 e. The fourth-order valence-electron chi connectivity index (χ4n) is 2.68. The first kappa shape index (κ1) is 16.5. The number of benzene rings is 1. The molecule has 1 saturated carbocycles. The number of hydrogen-bond acceptors (Lipinski definition) is 3. The predicted octanol–water partition coefficient (Wildman–Crippen LogP) is 3.85. The number of rotatable bonds is 6. The van der Waals surface area contributed by atoms with Crippen molar-refractivity contribution < 1.29 is 14.2 Å². The third-order valence-corrected chi connectivity index (χ3v) is 4.32. The molecule has 21 heavy (non-hydrogen) atoms. The molecule has 1 aliphatic carbocycles. The molecule has 3 atom stereocenters. The van der Waals surface area contributed by atoms with Crippen LogP contribution in [-0.4, -0.2) is 30.5 Å². The van der Waals surface area contributed by atoms with Gasteiger partial charge in [0, 0.05) is 6.54 Å². The SMILES string of the molecule is CC1CCCCC1OCC(O)CNc1cc(F)ccc1Cl. The summed E-state index contributed by atoms with van der Waals surface area (Å²) >= 11 is 5.96. The number of ether oxygens (including phenoxy) is 1. The van der Waals surface area contributed by atoms with Gasteiger partial charge in [-0.3, -0.25) is 0 Å². The van der Waals surface area contributed by atoms with Gasteiger partial charge in [-0.2, -0.15) is 0 Å². The Hall–Kier alpha value is -0.840. The van der Waals surface area contributed by atoms with E-state index in [0.29, 0.717) is 16.6 Å². The monoisotopic (exact) mass is 315 g/mol. The summed E-state index contributed by atoms with van der Waals surface area (Å²) in [4.78, 5) is 0. The van der Waals surface area contributed by atoms with Gasteiger partial charge in [0.25, 0.3) is 0 Å². The lowest BCUT2D eigenvalue weighted by molar-refractivity contribution is -0.0424. The van der Waals surface area contributed by atoms with Crippen LogP contribution in [0.3, 0.4) is 0 Å². The van der Waals surface area contributed by atoms with Crippen LogP contribution in [0.5, 0.6) is 0 Å². The minimum Gasteiger partial charge on any atom is -0.389 e. The molecule has 0 heterocycles. The van der Waals surface area contributed by atoms with Crippen LogP contribution in [-0.2, 0) is 4.74 Å². The lowest BCUT2D eigenvalue weighted by Crippen LogP contribution is -2.32. The molecular formula is C16H23ClFNO2. The molecular weight excluding hydrogens is 293 g/mol. The van der Waals surface area contributed by atoms with Crippen molar-refractivity contribution in [2.45, 2.75) is 44.8 Å². The summed E-state index contributed by atoms with van der Waals surface area (Å²) in [6.07, 6.45) is 4.32. The number of anilines is 1. The van der Waals surface area contributed by atoms with E-state index in [1.165, 1.54) is 37.5 Å². The fourth-order valence-corrected chi connectivity index (χ4v) is 2.87. The summed E-state index contributed by atoms with van der Waals surface area (Å²) in [5.41, 5.74) is 0.488. The minimum absolute atomic E-state index is 0.242. The molecule has 3 nitrogen and oxygen atoms in total. The smallest absolute Gasteiger partial charge is 0.125 e. The molecule has 5 heteroatoms. The third-order valence-electron chi connectivity index (χ3n) is 3.99. The Morgan fingerprint density at radius 1 is 1.43 bits per heavy atom. The van der Waals surface area contributed by atoms with Crippen LogP contribution in [0.15, 0.2) is 18.2 Å². The van der Waals surface area contributed by atoms with Crippen molar-refractivity contribution in [2.75, 3.05) is 18.5 Å². The Morgan fingerprint density at radius 3 is 2.95 bits per heavy atom. The quantitative estimate of drug-likeness (QED) is 0.838. The lowest BCUT2D eigenvalue weighted by Gasteiger charge is -2.29. The average Bonchev–Trinajstić information content (AvgIpc) is 2.47. The summed E-state index contributed by atoms with van der Waals surface area (Å²) < 4.78 is 18.9. The van der Waals surface area contributed by atoms with Gasteiger partial charge >= 0.3 is 0 Å². The van der Waals surface area contributed by atoms with E-state index in [4.69, 9.17) is 16.3 Å². The van der Waals surface area contributed by atoms with Crippen molar-refractivity contribution >= 4 is 17.3 Å². The number of aliphatic hydroxyl groups is 1. The van der Waals surface area contributed by atoms with Gasteiger partial charge in [-0.15, -0.1) is 0 Å². The van der Waals surface area contributed by atoms with Crippen LogP contribution in [0.2, 0.25) is 5.02 Å². The van der Waals surface area contributed by atoms with E-state index in [1.54, 1.807) is 0 Å². The van der Waals surface area contributed by atoms with Crippen molar-refractivity contribution in [3.05, 3.63) is 29.0 Å². The van der Waals surface area contributed by atoms with Gasteiger partial charge in [-0.25, -0.2) is 4.39 Å². The zero-order valence-electron chi connectivity index (χ0n) is 12.3. The van der Waals surface area contributed by atoms with Crippen molar-refractivity contribution in [3.8, 4) is 0 Å². The van der Waals surface area contributed by atoms with Gasteiger partial charge in [0.1, 0.15) is 5.82 Å². The molecule has 0 aliphatic heterocycles. The molecule has 2 N–H and O–H groups in total. The van der Waals surface area contributed by atoms with Gasteiger partial charge < -0.3 is 15.2 Å². The Labute approximate surface area is 130 Å². The highest BCUT2D eigenvalue weighted by Crippen LogP contribution is 2.26. The van der Waals surface area contributed by atoms with Crippen molar-refractivity contribution in [1.82, 2.24) is 0 Å². The molecule has 0 bridgehead atoms. The molecule has 1 fully saturated rings. The van der Waals surface area contributed by atoms with E-state index in [9.17, 15) is 9.50 Å². The van der Waals surface area contributed by atoms with E-state index in [2.05, 4.69) is 12.2 Å². The fraction of sp³-hybridized carbons (Fsp3) is 0.625. The summed E-state index contributed by atoms with van der Waals surface area (Å²) in [5, 5.41) is 13.3. The molecule has 3 unspecified atom stereocenters. The highest BCUT2D eigenvalue weighted by atomic mass is 35.5. The molecule has 0 radical (unpaired) electrons.